The van der Waals surface area contributed by atoms with Crippen LogP contribution in [0, 0.1) is 5.92 Å². The molecule has 0 radical (unpaired) electrons. The Hall–Kier alpha value is -1.62. The lowest BCUT2D eigenvalue weighted by atomic mass is 9.99. The van der Waals surface area contributed by atoms with Crippen LogP contribution in [0.3, 0.4) is 0 Å². The van der Waals surface area contributed by atoms with Crippen LogP contribution in [-0.2, 0) is 4.79 Å². The molecule has 1 aromatic rings. The minimum absolute atomic E-state index is 0.0984. The van der Waals surface area contributed by atoms with Crippen molar-refractivity contribution in [2.75, 3.05) is 18.0 Å². The molecular weight excluding hydrogens is 254 g/mol. The van der Waals surface area contributed by atoms with Gasteiger partial charge in [0.1, 0.15) is 11.9 Å². The zero-order valence-electron chi connectivity index (χ0n) is 12.1. The van der Waals surface area contributed by atoms with E-state index >= 15 is 0 Å². The number of nitrogens with one attached hydrogen (secondary N) is 1. The summed E-state index contributed by atoms with van der Waals surface area (Å²) in [5.41, 5.74) is 0. The third-order valence-electron chi connectivity index (χ3n) is 3.82. The first kappa shape index (κ1) is 14.8. The van der Waals surface area contributed by atoms with Crippen LogP contribution in [-0.4, -0.2) is 41.2 Å². The lowest BCUT2D eigenvalue weighted by molar-refractivity contribution is -0.141. The van der Waals surface area contributed by atoms with Crippen molar-refractivity contribution < 1.29 is 9.90 Å². The number of carboxylic acid groups (broad SMARTS) is 1. The van der Waals surface area contributed by atoms with Gasteiger partial charge in [-0.1, -0.05) is 19.9 Å². The molecule has 0 aliphatic carbocycles. The van der Waals surface area contributed by atoms with Gasteiger partial charge in [0.25, 0.3) is 0 Å². The Balaban J connectivity index is 1.87. The van der Waals surface area contributed by atoms with Crippen LogP contribution < -0.4 is 10.2 Å². The Bertz CT molecular complexity index is 428. The fraction of sp³-hybridized carbons (Fsp3) is 0.600. The smallest absolute Gasteiger partial charge is 0.320 e. The number of carboxylic acids is 1. The monoisotopic (exact) mass is 277 g/mol. The standard InChI is InChI=1S/C15H23N3O2/c1-11(2)14(15(19)20)17-12-6-9-18(10-7-12)13-5-3-4-8-16-13/h3-5,8,11-12,14,17H,6-7,9-10H2,1-2H3,(H,19,20). The number of anilines is 1. The first-order valence-electron chi connectivity index (χ1n) is 7.22. The number of hydrogen-bond donors (Lipinski definition) is 2. The number of pyridine rings is 1. The minimum atomic E-state index is -0.757. The van der Waals surface area contributed by atoms with Gasteiger partial charge in [-0.25, -0.2) is 4.98 Å². The normalized spacial score (nSPS) is 18.2. The molecule has 5 nitrogen and oxygen atoms in total. The zero-order chi connectivity index (χ0) is 14.5. The van der Waals surface area contributed by atoms with Crippen LogP contribution in [0.1, 0.15) is 26.7 Å². The maximum atomic E-state index is 11.2. The molecule has 1 atom stereocenters. The summed E-state index contributed by atoms with van der Waals surface area (Å²) >= 11 is 0. The van der Waals surface area contributed by atoms with Crippen molar-refractivity contribution in [2.24, 2.45) is 5.92 Å². The molecule has 0 spiro atoms. The molecule has 1 aromatic heterocycles. The molecule has 2 rings (SSSR count). The average molecular weight is 277 g/mol. The third-order valence-corrected chi connectivity index (χ3v) is 3.82. The van der Waals surface area contributed by atoms with Crippen molar-refractivity contribution in [3.05, 3.63) is 24.4 Å². The summed E-state index contributed by atoms with van der Waals surface area (Å²) in [5, 5.41) is 12.5. The van der Waals surface area contributed by atoms with Gasteiger partial charge >= 0.3 is 5.97 Å². The maximum Gasteiger partial charge on any atom is 0.320 e. The lowest BCUT2D eigenvalue weighted by Gasteiger charge is -2.35. The summed E-state index contributed by atoms with van der Waals surface area (Å²) in [6.45, 7) is 5.71. The predicted molar refractivity (Wildman–Crippen MR) is 78.9 cm³/mol. The first-order chi connectivity index (χ1) is 9.58. The van der Waals surface area contributed by atoms with Gasteiger partial charge < -0.3 is 15.3 Å². The van der Waals surface area contributed by atoms with Crippen LogP contribution in [0.2, 0.25) is 0 Å². The molecule has 1 fully saturated rings. The van der Waals surface area contributed by atoms with Crippen molar-refractivity contribution in [2.45, 2.75) is 38.8 Å². The number of hydrogen-bond acceptors (Lipinski definition) is 4. The molecule has 20 heavy (non-hydrogen) atoms. The molecule has 1 aliphatic rings. The number of aliphatic carboxylic acids is 1. The first-order valence-corrected chi connectivity index (χ1v) is 7.22. The topological polar surface area (TPSA) is 65.5 Å². The summed E-state index contributed by atoms with van der Waals surface area (Å²) in [7, 11) is 0. The summed E-state index contributed by atoms with van der Waals surface area (Å²) < 4.78 is 0. The Morgan fingerprint density at radius 2 is 2.10 bits per heavy atom. The van der Waals surface area contributed by atoms with Crippen LogP contribution in [0.25, 0.3) is 0 Å². The summed E-state index contributed by atoms with van der Waals surface area (Å²) in [5.74, 6) is 0.345. The number of nitrogens with zero attached hydrogens (tertiary/aromatic N) is 2. The van der Waals surface area contributed by atoms with Crippen molar-refractivity contribution in [3.63, 3.8) is 0 Å². The van der Waals surface area contributed by atoms with Gasteiger partial charge in [0, 0.05) is 25.3 Å². The highest BCUT2D eigenvalue weighted by molar-refractivity contribution is 5.73. The predicted octanol–water partition coefficient (Wildman–Crippen LogP) is 1.75. The van der Waals surface area contributed by atoms with Gasteiger partial charge in [0.05, 0.1) is 0 Å². The van der Waals surface area contributed by atoms with Gasteiger partial charge in [-0.3, -0.25) is 4.79 Å². The average Bonchev–Trinajstić information content (AvgIpc) is 2.45. The fourth-order valence-corrected chi connectivity index (χ4v) is 2.62. The quantitative estimate of drug-likeness (QED) is 0.858. The highest BCUT2D eigenvalue weighted by Gasteiger charge is 2.27. The zero-order valence-corrected chi connectivity index (χ0v) is 12.1. The molecule has 0 bridgehead atoms. The van der Waals surface area contributed by atoms with Crippen LogP contribution in [0.5, 0.6) is 0 Å². The second-order valence-electron chi connectivity index (χ2n) is 5.68. The minimum Gasteiger partial charge on any atom is -0.480 e. The highest BCUT2D eigenvalue weighted by atomic mass is 16.4. The summed E-state index contributed by atoms with van der Waals surface area (Å²) in [4.78, 5) is 17.8. The van der Waals surface area contributed by atoms with E-state index in [4.69, 9.17) is 0 Å². The SMILES string of the molecule is CC(C)C(NC1CCN(c2ccccn2)CC1)C(=O)O. The summed E-state index contributed by atoms with van der Waals surface area (Å²) in [6.07, 6.45) is 3.71. The molecule has 1 saturated heterocycles. The van der Waals surface area contributed by atoms with Crippen molar-refractivity contribution in [1.82, 2.24) is 10.3 Å². The number of rotatable bonds is 5. The van der Waals surface area contributed by atoms with E-state index < -0.39 is 12.0 Å². The Labute approximate surface area is 120 Å². The van der Waals surface area contributed by atoms with Crippen molar-refractivity contribution in [3.8, 4) is 0 Å². The molecule has 5 heteroatoms. The molecule has 1 aliphatic heterocycles. The van der Waals surface area contributed by atoms with Crippen LogP contribution >= 0.6 is 0 Å². The Morgan fingerprint density at radius 1 is 1.40 bits per heavy atom. The van der Waals surface area contributed by atoms with Gasteiger partial charge in [0.15, 0.2) is 0 Å². The van der Waals surface area contributed by atoms with E-state index in [9.17, 15) is 9.90 Å². The maximum absolute atomic E-state index is 11.2. The number of carbonyl (C=O) groups is 1. The molecule has 2 N–H and O–H groups in total. The van der Waals surface area contributed by atoms with Crippen LogP contribution in [0.15, 0.2) is 24.4 Å². The number of aromatic nitrogens is 1. The molecule has 110 valence electrons. The molecular formula is C15H23N3O2. The van der Waals surface area contributed by atoms with E-state index in [1.54, 1.807) is 6.20 Å². The van der Waals surface area contributed by atoms with E-state index in [1.165, 1.54) is 0 Å². The summed E-state index contributed by atoms with van der Waals surface area (Å²) in [6, 6.07) is 5.74. The highest BCUT2D eigenvalue weighted by Crippen LogP contribution is 2.18. The molecule has 0 aromatic carbocycles. The van der Waals surface area contributed by atoms with Crippen molar-refractivity contribution in [1.29, 1.82) is 0 Å². The van der Waals surface area contributed by atoms with E-state index in [2.05, 4.69) is 15.2 Å². The Kier molecular flexibility index (Phi) is 4.95. The van der Waals surface area contributed by atoms with E-state index in [1.807, 2.05) is 32.0 Å². The second kappa shape index (κ2) is 6.70. The fourth-order valence-electron chi connectivity index (χ4n) is 2.62. The number of piperidine rings is 1. The third kappa shape index (κ3) is 3.70. The second-order valence-corrected chi connectivity index (χ2v) is 5.68. The van der Waals surface area contributed by atoms with E-state index in [0.717, 1.165) is 31.7 Å². The molecule has 0 amide bonds. The molecule has 0 saturated carbocycles. The lowest BCUT2D eigenvalue weighted by Crippen LogP contribution is -2.50. The Morgan fingerprint density at radius 3 is 2.60 bits per heavy atom. The van der Waals surface area contributed by atoms with E-state index in [0.29, 0.717) is 0 Å². The van der Waals surface area contributed by atoms with Crippen molar-refractivity contribution >= 4 is 11.8 Å². The van der Waals surface area contributed by atoms with Gasteiger partial charge in [-0.05, 0) is 30.9 Å². The largest absolute Gasteiger partial charge is 0.480 e. The van der Waals surface area contributed by atoms with Gasteiger partial charge in [0.2, 0.25) is 0 Å². The molecule has 1 unspecified atom stereocenters. The van der Waals surface area contributed by atoms with Gasteiger partial charge in [-0.2, -0.15) is 0 Å². The van der Waals surface area contributed by atoms with Crippen LogP contribution in [0.4, 0.5) is 5.82 Å². The van der Waals surface area contributed by atoms with E-state index in [-0.39, 0.29) is 12.0 Å². The molecule has 2 heterocycles. The van der Waals surface area contributed by atoms with Gasteiger partial charge in [-0.15, -0.1) is 0 Å².